The van der Waals surface area contributed by atoms with E-state index in [4.69, 9.17) is 4.74 Å². The van der Waals surface area contributed by atoms with Crippen molar-refractivity contribution < 1.29 is 14.3 Å². The molecule has 0 aromatic heterocycles. The third kappa shape index (κ3) is 4.10. The maximum atomic E-state index is 12.4. The first-order valence-electron chi connectivity index (χ1n) is 6.70. The molecule has 1 atom stereocenters. The summed E-state index contributed by atoms with van der Waals surface area (Å²) in [5.74, 6) is -0.686. The third-order valence-electron chi connectivity index (χ3n) is 3.35. The van der Waals surface area contributed by atoms with Gasteiger partial charge >= 0.3 is 5.97 Å². The number of Topliss-reactive ketones (excluding diaryl/α,β-unsaturated/α-hetero) is 1. The van der Waals surface area contributed by atoms with E-state index in [9.17, 15) is 9.59 Å². The molecule has 3 nitrogen and oxygen atoms in total. The number of esters is 1. The molecule has 0 radical (unpaired) electrons. The van der Waals surface area contributed by atoms with Crippen molar-refractivity contribution in [1.29, 1.82) is 0 Å². The number of rotatable bonds is 6. The SMILES string of the molecule is CCC(C)(C)OC(=O)[C@@](C)(Sc1ccccc1)C(C)=O. The van der Waals surface area contributed by atoms with Gasteiger partial charge in [-0.05, 0) is 46.2 Å². The Morgan fingerprint density at radius 3 is 2.15 bits per heavy atom. The summed E-state index contributed by atoms with van der Waals surface area (Å²) < 4.78 is 4.29. The van der Waals surface area contributed by atoms with Crippen LogP contribution in [0, 0.1) is 0 Å². The van der Waals surface area contributed by atoms with Crippen molar-refractivity contribution in [2.75, 3.05) is 0 Å². The first-order valence-corrected chi connectivity index (χ1v) is 7.51. The normalized spacial score (nSPS) is 14.4. The van der Waals surface area contributed by atoms with Crippen molar-refractivity contribution in [3.8, 4) is 0 Å². The van der Waals surface area contributed by atoms with Gasteiger partial charge in [0.05, 0.1) is 0 Å². The van der Waals surface area contributed by atoms with E-state index in [0.717, 1.165) is 4.90 Å². The minimum atomic E-state index is -1.21. The van der Waals surface area contributed by atoms with Crippen molar-refractivity contribution in [3.63, 3.8) is 0 Å². The fourth-order valence-electron chi connectivity index (χ4n) is 1.40. The second-order valence-corrected chi connectivity index (χ2v) is 7.00. The number of hydrogen-bond donors (Lipinski definition) is 0. The number of hydrogen-bond acceptors (Lipinski definition) is 4. The van der Waals surface area contributed by atoms with Gasteiger partial charge in [-0.1, -0.05) is 36.9 Å². The van der Waals surface area contributed by atoms with E-state index in [0.29, 0.717) is 6.42 Å². The monoisotopic (exact) mass is 294 g/mol. The van der Waals surface area contributed by atoms with Crippen LogP contribution in [-0.2, 0) is 14.3 Å². The van der Waals surface area contributed by atoms with Gasteiger partial charge < -0.3 is 4.74 Å². The summed E-state index contributed by atoms with van der Waals surface area (Å²) in [6.45, 7) is 8.69. The number of carbonyl (C=O) groups is 2. The van der Waals surface area contributed by atoms with Gasteiger partial charge in [0, 0.05) is 4.90 Å². The minimum Gasteiger partial charge on any atom is -0.458 e. The molecule has 0 heterocycles. The van der Waals surface area contributed by atoms with Gasteiger partial charge in [0.1, 0.15) is 5.60 Å². The van der Waals surface area contributed by atoms with Crippen molar-refractivity contribution >= 4 is 23.5 Å². The first kappa shape index (κ1) is 16.8. The zero-order valence-corrected chi connectivity index (χ0v) is 13.5. The maximum Gasteiger partial charge on any atom is 0.330 e. The maximum absolute atomic E-state index is 12.4. The molecule has 1 aromatic carbocycles. The largest absolute Gasteiger partial charge is 0.458 e. The summed E-state index contributed by atoms with van der Waals surface area (Å²) in [5.41, 5.74) is -0.564. The van der Waals surface area contributed by atoms with Crippen molar-refractivity contribution in [3.05, 3.63) is 30.3 Å². The standard InChI is InChI=1S/C16H22O3S/c1-6-15(3,4)19-14(18)16(5,12(2)17)20-13-10-8-7-9-11-13/h7-11H,6H2,1-5H3/t16-/m0/s1. The van der Waals surface area contributed by atoms with Crippen LogP contribution in [0.2, 0.25) is 0 Å². The summed E-state index contributed by atoms with van der Waals surface area (Å²) in [7, 11) is 0. The molecule has 0 aliphatic heterocycles. The van der Waals surface area contributed by atoms with Crippen LogP contribution in [0.15, 0.2) is 35.2 Å². The van der Waals surface area contributed by atoms with Crippen LogP contribution >= 0.6 is 11.8 Å². The fraction of sp³-hybridized carbons (Fsp3) is 0.500. The quantitative estimate of drug-likeness (QED) is 0.454. The summed E-state index contributed by atoms with van der Waals surface area (Å²) in [5, 5.41) is 0. The van der Waals surface area contributed by atoms with Gasteiger partial charge in [0.2, 0.25) is 0 Å². The number of benzene rings is 1. The average Bonchev–Trinajstić information content (AvgIpc) is 2.39. The third-order valence-corrected chi connectivity index (χ3v) is 4.72. The van der Waals surface area contributed by atoms with Gasteiger partial charge in [-0.3, -0.25) is 9.59 Å². The molecule has 0 spiro atoms. The second kappa shape index (κ2) is 6.44. The zero-order valence-electron chi connectivity index (χ0n) is 12.7. The molecule has 0 aliphatic carbocycles. The first-order chi connectivity index (χ1) is 9.21. The number of carbonyl (C=O) groups excluding carboxylic acids is 2. The molecule has 20 heavy (non-hydrogen) atoms. The molecule has 0 amide bonds. The molecule has 4 heteroatoms. The van der Waals surface area contributed by atoms with Crippen LogP contribution < -0.4 is 0 Å². The summed E-state index contributed by atoms with van der Waals surface area (Å²) in [6, 6.07) is 9.41. The van der Waals surface area contributed by atoms with Gasteiger partial charge in [-0.15, -0.1) is 0 Å². The van der Waals surface area contributed by atoms with Crippen LogP contribution in [0.4, 0.5) is 0 Å². The highest BCUT2D eigenvalue weighted by Crippen LogP contribution is 2.36. The van der Waals surface area contributed by atoms with E-state index in [-0.39, 0.29) is 5.78 Å². The van der Waals surface area contributed by atoms with Gasteiger partial charge in [0.25, 0.3) is 0 Å². The Hall–Kier alpha value is -1.29. The van der Waals surface area contributed by atoms with E-state index < -0.39 is 16.3 Å². The Balaban J connectivity index is 2.98. The van der Waals surface area contributed by atoms with Crippen LogP contribution in [0.1, 0.15) is 41.0 Å². The minimum absolute atomic E-state index is 0.205. The van der Waals surface area contributed by atoms with Crippen molar-refractivity contribution in [2.24, 2.45) is 0 Å². The zero-order chi connectivity index (χ0) is 15.4. The summed E-state index contributed by atoms with van der Waals surface area (Å²) in [6.07, 6.45) is 0.697. The predicted octanol–water partition coefficient (Wildman–Crippen LogP) is 3.86. The average molecular weight is 294 g/mol. The van der Waals surface area contributed by atoms with Crippen LogP contribution in [0.3, 0.4) is 0 Å². The molecular weight excluding hydrogens is 272 g/mol. The van der Waals surface area contributed by atoms with E-state index in [1.807, 2.05) is 51.1 Å². The molecule has 110 valence electrons. The van der Waals surface area contributed by atoms with Crippen LogP contribution in [0.5, 0.6) is 0 Å². The summed E-state index contributed by atoms with van der Waals surface area (Å²) >= 11 is 1.23. The lowest BCUT2D eigenvalue weighted by atomic mass is 10.0. The van der Waals surface area contributed by atoms with Gasteiger partial charge in [-0.2, -0.15) is 0 Å². The Morgan fingerprint density at radius 1 is 1.15 bits per heavy atom. The molecule has 1 aromatic rings. The highest BCUT2D eigenvalue weighted by atomic mass is 32.2. The summed E-state index contributed by atoms with van der Waals surface area (Å²) in [4.78, 5) is 25.3. The van der Waals surface area contributed by atoms with Gasteiger partial charge in [0.15, 0.2) is 10.5 Å². The smallest absolute Gasteiger partial charge is 0.330 e. The van der Waals surface area contributed by atoms with E-state index >= 15 is 0 Å². The van der Waals surface area contributed by atoms with Crippen LogP contribution in [-0.4, -0.2) is 22.1 Å². The topological polar surface area (TPSA) is 43.4 Å². The lowest BCUT2D eigenvalue weighted by Crippen LogP contribution is -2.44. The van der Waals surface area contributed by atoms with E-state index in [1.165, 1.54) is 18.7 Å². The molecule has 0 unspecified atom stereocenters. The van der Waals surface area contributed by atoms with E-state index in [2.05, 4.69) is 0 Å². The molecule has 0 saturated heterocycles. The molecule has 0 bridgehead atoms. The fourth-order valence-corrected chi connectivity index (χ4v) is 2.44. The van der Waals surface area contributed by atoms with Crippen LogP contribution in [0.25, 0.3) is 0 Å². The molecule has 0 fully saturated rings. The van der Waals surface area contributed by atoms with Crippen molar-refractivity contribution in [1.82, 2.24) is 0 Å². The molecule has 0 saturated carbocycles. The predicted molar refractivity (Wildman–Crippen MR) is 81.8 cm³/mol. The Morgan fingerprint density at radius 2 is 1.70 bits per heavy atom. The molecule has 1 rings (SSSR count). The van der Waals surface area contributed by atoms with Gasteiger partial charge in [-0.25, -0.2) is 0 Å². The Kier molecular flexibility index (Phi) is 5.40. The molecular formula is C16H22O3S. The number of thioether (sulfide) groups is 1. The number of ketones is 1. The highest BCUT2D eigenvalue weighted by Gasteiger charge is 2.43. The molecule has 0 N–H and O–H groups in total. The second-order valence-electron chi connectivity index (χ2n) is 5.51. The van der Waals surface area contributed by atoms with Crippen molar-refractivity contribution in [2.45, 2.75) is 56.3 Å². The van der Waals surface area contributed by atoms with E-state index in [1.54, 1.807) is 6.92 Å². The molecule has 0 aliphatic rings. The number of ether oxygens (including phenoxy) is 1. The Labute approximate surface area is 125 Å². The Bertz CT molecular complexity index is 482. The lowest BCUT2D eigenvalue weighted by Gasteiger charge is -2.30. The lowest BCUT2D eigenvalue weighted by molar-refractivity contribution is -0.160. The highest BCUT2D eigenvalue weighted by molar-refractivity contribution is 8.02.